The third-order valence-electron chi connectivity index (χ3n) is 3.47. The van der Waals surface area contributed by atoms with E-state index in [9.17, 15) is 4.39 Å². The Morgan fingerprint density at radius 1 is 1.00 bits per heavy atom. The zero-order valence-electron chi connectivity index (χ0n) is 10.3. The number of rotatable bonds is 1. The number of aryl methyl sites for hydroxylation is 1. The molecular weight excluding hydrogens is 229 g/mol. The monoisotopic (exact) mass is 245 g/mol. The third kappa shape index (κ3) is 2.03. The van der Waals surface area contributed by atoms with Gasteiger partial charge in [0, 0.05) is 13.0 Å². The van der Waals surface area contributed by atoms with E-state index in [-0.39, 0.29) is 5.82 Å². The number of nitrogens with zero attached hydrogens (tertiary/aromatic N) is 3. The van der Waals surface area contributed by atoms with E-state index in [2.05, 4.69) is 14.8 Å². The minimum Gasteiger partial charge on any atom is -0.311 e. The standard InChI is InChI=1S/C14H16FN3/c15-12-8-5-4-7-11(12)14-17-16-13-9-3-1-2-6-10-18(13)14/h4-5,7-8H,1-3,6,9-10H2. The first-order valence-corrected chi connectivity index (χ1v) is 6.53. The molecule has 0 atom stereocenters. The number of benzene rings is 1. The zero-order chi connectivity index (χ0) is 12.4. The lowest BCUT2D eigenvalue weighted by molar-refractivity contribution is 0.517. The lowest BCUT2D eigenvalue weighted by Gasteiger charge is -2.13. The van der Waals surface area contributed by atoms with Gasteiger partial charge in [0.2, 0.25) is 0 Å². The van der Waals surface area contributed by atoms with Gasteiger partial charge in [-0.15, -0.1) is 10.2 Å². The van der Waals surface area contributed by atoms with Crippen LogP contribution in [0.2, 0.25) is 0 Å². The van der Waals surface area contributed by atoms with Crippen molar-refractivity contribution in [3.05, 3.63) is 35.9 Å². The average molecular weight is 245 g/mol. The van der Waals surface area contributed by atoms with Gasteiger partial charge in [0.1, 0.15) is 11.6 Å². The summed E-state index contributed by atoms with van der Waals surface area (Å²) in [5.41, 5.74) is 0.553. The molecular formula is C14H16FN3. The maximum Gasteiger partial charge on any atom is 0.166 e. The van der Waals surface area contributed by atoms with Crippen molar-refractivity contribution in [3.63, 3.8) is 0 Å². The number of aromatic nitrogens is 3. The molecule has 94 valence electrons. The molecule has 3 rings (SSSR count). The van der Waals surface area contributed by atoms with E-state index in [0.29, 0.717) is 11.4 Å². The molecule has 1 aliphatic rings. The summed E-state index contributed by atoms with van der Waals surface area (Å²) in [7, 11) is 0. The molecule has 18 heavy (non-hydrogen) atoms. The van der Waals surface area contributed by atoms with E-state index in [4.69, 9.17) is 0 Å². The van der Waals surface area contributed by atoms with Gasteiger partial charge >= 0.3 is 0 Å². The molecule has 0 radical (unpaired) electrons. The Kier molecular flexibility index (Phi) is 3.09. The molecule has 0 unspecified atom stereocenters. The van der Waals surface area contributed by atoms with Crippen LogP contribution in [0.3, 0.4) is 0 Å². The molecule has 0 spiro atoms. The highest BCUT2D eigenvalue weighted by atomic mass is 19.1. The predicted octanol–water partition coefficient (Wildman–Crippen LogP) is 3.20. The summed E-state index contributed by atoms with van der Waals surface area (Å²) in [6, 6.07) is 6.78. The first-order valence-electron chi connectivity index (χ1n) is 6.53. The summed E-state index contributed by atoms with van der Waals surface area (Å²) < 4.78 is 15.9. The largest absolute Gasteiger partial charge is 0.311 e. The van der Waals surface area contributed by atoms with Crippen LogP contribution >= 0.6 is 0 Å². The van der Waals surface area contributed by atoms with Crippen LogP contribution < -0.4 is 0 Å². The van der Waals surface area contributed by atoms with E-state index >= 15 is 0 Å². The molecule has 1 aromatic carbocycles. The highest BCUT2D eigenvalue weighted by Crippen LogP contribution is 2.24. The van der Waals surface area contributed by atoms with Crippen LogP contribution in [-0.2, 0) is 13.0 Å². The molecule has 3 nitrogen and oxygen atoms in total. The van der Waals surface area contributed by atoms with Crippen molar-refractivity contribution in [3.8, 4) is 11.4 Å². The topological polar surface area (TPSA) is 30.7 Å². The van der Waals surface area contributed by atoms with E-state index in [1.165, 1.54) is 18.9 Å². The van der Waals surface area contributed by atoms with Crippen LogP contribution in [0.5, 0.6) is 0 Å². The summed E-state index contributed by atoms with van der Waals surface area (Å²) >= 11 is 0. The average Bonchev–Trinajstić information content (AvgIpc) is 2.71. The predicted molar refractivity (Wildman–Crippen MR) is 67.6 cm³/mol. The van der Waals surface area contributed by atoms with Gasteiger partial charge < -0.3 is 4.57 Å². The van der Waals surface area contributed by atoms with Gasteiger partial charge in [0.05, 0.1) is 5.56 Å². The fraction of sp³-hybridized carbons (Fsp3) is 0.429. The molecule has 0 aliphatic carbocycles. The fourth-order valence-electron chi connectivity index (χ4n) is 2.50. The van der Waals surface area contributed by atoms with Crippen LogP contribution in [0.25, 0.3) is 11.4 Å². The molecule has 2 heterocycles. The van der Waals surface area contributed by atoms with Crippen molar-refractivity contribution in [2.45, 2.75) is 38.6 Å². The fourth-order valence-corrected chi connectivity index (χ4v) is 2.50. The Bertz CT molecular complexity index is 548. The molecule has 4 heteroatoms. The van der Waals surface area contributed by atoms with Gasteiger partial charge in [-0.25, -0.2) is 4.39 Å². The summed E-state index contributed by atoms with van der Waals surface area (Å²) in [6.45, 7) is 0.895. The van der Waals surface area contributed by atoms with Gasteiger partial charge in [-0.05, 0) is 25.0 Å². The summed E-state index contributed by atoms with van der Waals surface area (Å²) in [5, 5.41) is 8.41. The van der Waals surface area contributed by atoms with Crippen molar-refractivity contribution in [2.24, 2.45) is 0 Å². The molecule has 0 amide bonds. The van der Waals surface area contributed by atoms with Gasteiger partial charge in [-0.1, -0.05) is 25.0 Å². The number of halogens is 1. The van der Waals surface area contributed by atoms with Crippen molar-refractivity contribution in [2.75, 3.05) is 0 Å². The minimum atomic E-state index is -0.227. The van der Waals surface area contributed by atoms with E-state index in [0.717, 1.165) is 31.6 Å². The lowest BCUT2D eigenvalue weighted by atomic mass is 10.1. The van der Waals surface area contributed by atoms with Crippen molar-refractivity contribution in [1.29, 1.82) is 0 Å². The number of hydrogen-bond acceptors (Lipinski definition) is 2. The smallest absolute Gasteiger partial charge is 0.166 e. The maximum absolute atomic E-state index is 13.8. The zero-order valence-corrected chi connectivity index (χ0v) is 10.3. The van der Waals surface area contributed by atoms with Crippen LogP contribution in [-0.4, -0.2) is 14.8 Å². The number of hydrogen-bond donors (Lipinski definition) is 0. The van der Waals surface area contributed by atoms with Gasteiger partial charge in [-0.2, -0.15) is 0 Å². The molecule has 0 saturated carbocycles. The van der Waals surface area contributed by atoms with Crippen molar-refractivity contribution >= 4 is 0 Å². The number of fused-ring (bicyclic) bond motifs is 1. The van der Waals surface area contributed by atoms with E-state index in [1.54, 1.807) is 12.1 Å². The Balaban J connectivity index is 2.05. The Hall–Kier alpha value is -1.71. The first-order chi connectivity index (χ1) is 8.86. The first kappa shape index (κ1) is 11.4. The Labute approximate surface area is 106 Å². The second-order valence-corrected chi connectivity index (χ2v) is 4.74. The van der Waals surface area contributed by atoms with E-state index in [1.807, 2.05) is 6.07 Å². The normalized spacial score (nSPS) is 15.8. The van der Waals surface area contributed by atoms with Crippen LogP contribution in [0, 0.1) is 5.82 Å². The second kappa shape index (κ2) is 4.88. The molecule has 0 saturated heterocycles. The van der Waals surface area contributed by atoms with Gasteiger partial charge in [0.15, 0.2) is 5.82 Å². The highest BCUT2D eigenvalue weighted by Gasteiger charge is 2.17. The molecule has 0 fully saturated rings. The third-order valence-corrected chi connectivity index (χ3v) is 3.47. The van der Waals surface area contributed by atoms with Crippen molar-refractivity contribution < 1.29 is 4.39 Å². The molecule has 0 N–H and O–H groups in total. The maximum atomic E-state index is 13.8. The molecule has 2 aromatic rings. The molecule has 1 aromatic heterocycles. The molecule has 1 aliphatic heterocycles. The highest BCUT2D eigenvalue weighted by molar-refractivity contribution is 5.56. The summed E-state index contributed by atoms with van der Waals surface area (Å²) in [5.74, 6) is 1.44. The second-order valence-electron chi connectivity index (χ2n) is 4.74. The summed E-state index contributed by atoms with van der Waals surface area (Å²) in [4.78, 5) is 0. The van der Waals surface area contributed by atoms with Gasteiger partial charge in [-0.3, -0.25) is 0 Å². The van der Waals surface area contributed by atoms with Crippen LogP contribution in [0.4, 0.5) is 4.39 Å². The summed E-state index contributed by atoms with van der Waals surface area (Å²) in [6.07, 6.45) is 5.69. The van der Waals surface area contributed by atoms with E-state index < -0.39 is 0 Å². The van der Waals surface area contributed by atoms with Gasteiger partial charge in [0.25, 0.3) is 0 Å². The lowest BCUT2D eigenvalue weighted by Crippen LogP contribution is -2.09. The van der Waals surface area contributed by atoms with Crippen molar-refractivity contribution in [1.82, 2.24) is 14.8 Å². The Morgan fingerprint density at radius 3 is 2.72 bits per heavy atom. The minimum absolute atomic E-state index is 0.227. The Morgan fingerprint density at radius 2 is 1.83 bits per heavy atom. The van der Waals surface area contributed by atoms with Crippen LogP contribution in [0.1, 0.15) is 31.5 Å². The van der Waals surface area contributed by atoms with Crippen LogP contribution in [0.15, 0.2) is 24.3 Å². The SMILES string of the molecule is Fc1ccccc1-c1nnc2n1CCCCCC2. The quantitative estimate of drug-likeness (QED) is 0.772. The molecule has 0 bridgehead atoms.